The summed E-state index contributed by atoms with van der Waals surface area (Å²) in [5.74, 6) is 2.13. The molecule has 1 aliphatic carbocycles. The first-order valence-corrected chi connectivity index (χ1v) is 7.29. The summed E-state index contributed by atoms with van der Waals surface area (Å²) in [5, 5.41) is 10.8. The van der Waals surface area contributed by atoms with Crippen LogP contribution < -0.4 is 0 Å². The van der Waals surface area contributed by atoms with Crippen LogP contribution in [0.25, 0.3) is 0 Å². The molecule has 3 aliphatic rings. The SMILES string of the molecule is CC(C)[C@@]12CC[C@@](C)(O1)[C@@H]1CC[C@@H](C)[C@H]1[C@H]2O. The van der Waals surface area contributed by atoms with Gasteiger partial charge in [-0.1, -0.05) is 20.8 Å². The lowest BCUT2D eigenvalue weighted by Crippen LogP contribution is -2.60. The highest BCUT2D eigenvalue weighted by atomic mass is 16.5. The van der Waals surface area contributed by atoms with E-state index in [1.165, 1.54) is 12.8 Å². The second-order valence-corrected chi connectivity index (χ2v) is 7.21. The van der Waals surface area contributed by atoms with Gasteiger partial charge in [-0.3, -0.25) is 0 Å². The Labute approximate surface area is 105 Å². The Kier molecular flexibility index (Phi) is 2.45. The standard InChI is InChI=1S/C15H26O2/c1-9(2)15-8-7-14(4,17-15)11-6-5-10(3)12(11)13(15)16/h9-13,16H,5-8H2,1-4H3/t10-,11-,12-,13-,14-,15-/m1/s1. The van der Waals surface area contributed by atoms with Gasteiger partial charge < -0.3 is 9.84 Å². The van der Waals surface area contributed by atoms with Gasteiger partial charge in [0, 0.05) is 0 Å². The van der Waals surface area contributed by atoms with Crippen molar-refractivity contribution in [2.24, 2.45) is 23.7 Å². The van der Waals surface area contributed by atoms with E-state index in [2.05, 4.69) is 27.7 Å². The molecule has 3 rings (SSSR count). The number of hydrogen-bond donors (Lipinski definition) is 1. The molecule has 2 heteroatoms. The van der Waals surface area contributed by atoms with E-state index in [0.29, 0.717) is 23.7 Å². The van der Waals surface area contributed by atoms with Crippen LogP contribution in [0.15, 0.2) is 0 Å². The first-order chi connectivity index (χ1) is 7.91. The molecule has 98 valence electrons. The van der Waals surface area contributed by atoms with Crippen molar-refractivity contribution in [3.63, 3.8) is 0 Å². The third-order valence-corrected chi connectivity index (χ3v) is 6.12. The molecule has 0 unspecified atom stereocenters. The summed E-state index contributed by atoms with van der Waals surface area (Å²) in [7, 11) is 0. The molecule has 17 heavy (non-hydrogen) atoms. The molecule has 2 aliphatic heterocycles. The summed E-state index contributed by atoms with van der Waals surface area (Å²) in [5.41, 5.74) is -0.215. The number of aliphatic hydroxyl groups excluding tert-OH is 1. The fraction of sp³-hybridized carbons (Fsp3) is 1.00. The molecule has 2 bridgehead atoms. The molecular weight excluding hydrogens is 212 g/mol. The fourth-order valence-electron chi connectivity index (χ4n) is 4.99. The van der Waals surface area contributed by atoms with Gasteiger partial charge in [0.1, 0.15) is 0 Å². The van der Waals surface area contributed by atoms with Crippen LogP contribution in [0, 0.1) is 23.7 Å². The van der Waals surface area contributed by atoms with Crippen LogP contribution in [-0.4, -0.2) is 22.4 Å². The summed E-state index contributed by atoms with van der Waals surface area (Å²) in [6.45, 7) is 9.01. The summed E-state index contributed by atoms with van der Waals surface area (Å²) < 4.78 is 6.46. The van der Waals surface area contributed by atoms with E-state index in [4.69, 9.17) is 4.74 Å². The molecule has 2 heterocycles. The number of ether oxygens (including phenoxy) is 1. The summed E-state index contributed by atoms with van der Waals surface area (Å²) in [6.07, 6.45) is 4.44. The fourth-order valence-corrected chi connectivity index (χ4v) is 4.99. The first kappa shape index (κ1) is 12.0. The monoisotopic (exact) mass is 238 g/mol. The maximum Gasteiger partial charge on any atom is 0.0974 e. The van der Waals surface area contributed by atoms with E-state index in [1.54, 1.807) is 0 Å². The van der Waals surface area contributed by atoms with E-state index in [0.717, 1.165) is 12.8 Å². The molecule has 0 aromatic rings. The van der Waals surface area contributed by atoms with Gasteiger partial charge in [-0.2, -0.15) is 0 Å². The molecule has 3 fully saturated rings. The zero-order valence-electron chi connectivity index (χ0n) is 11.6. The molecule has 6 atom stereocenters. The summed E-state index contributed by atoms with van der Waals surface area (Å²) in [6, 6.07) is 0. The van der Waals surface area contributed by atoms with E-state index in [-0.39, 0.29) is 17.3 Å². The van der Waals surface area contributed by atoms with Crippen molar-refractivity contribution in [2.45, 2.75) is 70.7 Å². The highest BCUT2D eigenvalue weighted by molar-refractivity contribution is 5.14. The van der Waals surface area contributed by atoms with E-state index >= 15 is 0 Å². The van der Waals surface area contributed by atoms with Crippen molar-refractivity contribution >= 4 is 0 Å². The van der Waals surface area contributed by atoms with Crippen molar-refractivity contribution < 1.29 is 9.84 Å². The third-order valence-electron chi connectivity index (χ3n) is 6.12. The lowest BCUT2D eigenvalue weighted by atomic mass is 9.70. The third kappa shape index (κ3) is 1.34. The van der Waals surface area contributed by atoms with Gasteiger partial charge in [-0.05, 0) is 56.3 Å². The second-order valence-electron chi connectivity index (χ2n) is 7.21. The van der Waals surface area contributed by atoms with Crippen LogP contribution in [0.1, 0.15) is 53.4 Å². The van der Waals surface area contributed by atoms with Crippen LogP contribution in [0.2, 0.25) is 0 Å². The van der Waals surface area contributed by atoms with E-state index in [1.807, 2.05) is 0 Å². The largest absolute Gasteiger partial charge is 0.390 e. The topological polar surface area (TPSA) is 29.5 Å². The first-order valence-electron chi connectivity index (χ1n) is 7.29. The van der Waals surface area contributed by atoms with Crippen LogP contribution in [-0.2, 0) is 4.74 Å². The Balaban J connectivity index is 2.03. The highest BCUT2D eigenvalue weighted by Gasteiger charge is 2.65. The van der Waals surface area contributed by atoms with E-state index in [9.17, 15) is 5.11 Å². The predicted octanol–water partition coefficient (Wildman–Crippen LogP) is 2.99. The Morgan fingerprint density at radius 1 is 1.24 bits per heavy atom. The van der Waals surface area contributed by atoms with Crippen molar-refractivity contribution in [2.75, 3.05) is 0 Å². The van der Waals surface area contributed by atoms with Gasteiger partial charge in [-0.25, -0.2) is 0 Å². The second kappa shape index (κ2) is 3.48. The lowest BCUT2D eigenvalue weighted by Gasteiger charge is -2.52. The lowest BCUT2D eigenvalue weighted by molar-refractivity contribution is -0.251. The molecular formula is C15H26O2. The zero-order chi connectivity index (χ0) is 12.4. The number of aliphatic hydroxyl groups is 1. The summed E-state index contributed by atoms with van der Waals surface area (Å²) in [4.78, 5) is 0. The molecule has 1 N–H and O–H groups in total. The Bertz CT molecular complexity index is 327. The average molecular weight is 238 g/mol. The number of fused-ring (bicyclic) bond motifs is 4. The van der Waals surface area contributed by atoms with Gasteiger partial charge in [0.15, 0.2) is 0 Å². The molecule has 0 aromatic heterocycles. The van der Waals surface area contributed by atoms with Gasteiger partial charge in [-0.15, -0.1) is 0 Å². The molecule has 2 saturated heterocycles. The molecule has 0 aromatic carbocycles. The molecule has 2 nitrogen and oxygen atoms in total. The summed E-state index contributed by atoms with van der Waals surface area (Å²) >= 11 is 0. The van der Waals surface area contributed by atoms with Crippen molar-refractivity contribution in [3.05, 3.63) is 0 Å². The Morgan fingerprint density at radius 3 is 2.59 bits per heavy atom. The number of rotatable bonds is 1. The maximum absolute atomic E-state index is 10.8. The van der Waals surface area contributed by atoms with Gasteiger partial charge in [0.25, 0.3) is 0 Å². The van der Waals surface area contributed by atoms with Crippen molar-refractivity contribution in [3.8, 4) is 0 Å². The zero-order valence-corrected chi connectivity index (χ0v) is 11.6. The maximum atomic E-state index is 10.8. The minimum absolute atomic E-state index is 0.0406. The minimum Gasteiger partial charge on any atom is -0.390 e. The molecule has 0 amide bonds. The van der Waals surface area contributed by atoms with Crippen LogP contribution in [0.3, 0.4) is 0 Å². The van der Waals surface area contributed by atoms with Crippen LogP contribution >= 0.6 is 0 Å². The Morgan fingerprint density at radius 2 is 1.94 bits per heavy atom. The number of hydrogen-bond acceptors (Lipinski definition) is 2. The van der Waals surface area contributed by atoms with E-state index < -0.39 is 0 Å². The van der Waals surface area contributed by atoms with Crippen molar-refractivity contribution in [1.29, 1.82) is 0 Å². The van der Waals surface area contributed by atoms with Crippen LogP contribution in [0.4, 0.5) is 0 Å². The molecule has 0 radical (unpaired) electrons. The molecule has 1 saturated carbocycles. The van der Waals surface area contributed by atoms with Crippen LogP contribution in [0.5, 0.6) is 0 Å². The smallest absolute Gasteiger partial charge is 0.0974 e. The quantitative estimate of drug-likeness (QED) is 0.761. The molecule has 0 spiro atoms. The average Bonchev–Trinajstić information content (AvgIpc) is 2.78. The van der Waals surface area contributed by atoms with Gasteiger partial charge in [0.2, 0.25) is 0 Å². The van der Waals surface area contributed by atoms with Crippen molar-refractivity contribution in [1.82, 2.24) is 0 Å². The normalized spacial score (nSPS) is 57.5. The Hall–Kier alpha value is -0.0800. The highest BCUT2D eigenvalue weighted by Crippen LogP contribution is 2.61. The van der Waals surface area contributed by atoms with Gasteiger partial charge in [0.05, 0.1) is 17.3 Å². The predicted molar refractivity (Wildman–Crippen MR) is 67.7 cm³/mol. The minimum atomic E-state index is -0.255. The van der Waals surface area contributed by atoms with Gasteiger partial charge >= 0.3 is 0 Å².